The Morgan fingerprint density at radius 2 is 1.69 bits per heavy atom. The number of carbonyl (C=O) groups is 1. The molecule has 0 aliphatic rings. The lowest BCUT2D eigenvalue weighted by atomic mass is 10.2. The van der Waals surface area contributed by atoms with Gasteiger partial charge < -0.3 is 9.64 Å². The van der Waals surface area contributed by atoms with Crippen molar-refractivity contribution in [1.29, 1.82) is 0 Å². The molecule has 0 aromatic heterocycles. The molecule has 0 aliphatic carbocycles. The van der Waals surface area contributed by atoms with Crippen LogP contribution in [0.4, 0.5) is 4.79 Å². The molecule has 0 aromatic rings. The van der Waals surface area contributed by atoms with Crippen molar-refractivity contribution in [3.8, 4) is 0 Å². The van der Waals surface area contributed by atoms with Crippen LogP contribution in [0.1, 0.15) is 61.8 Å². The summed E-state index contributed by atoms with van der Waals surface area (Å²) < 4.78 is 5.30. The quantitative estimate of drug-likeness (QED) is 0.733. The smallest absolute Gasteiger partial charge is 0.410 e. The minimum absolute atomic E-state index is 0.214. The van der Waals surface area contributed by atoms with Crippen LogP contribution in [0, 0.1) is 0 Å². The summed E-state index contributed by atoms with van der Waals surface area (Å²) >= 11 is 0. The third-order valence-electron chi connectivity index (χ3n) is 2.09. The predicted molar refractivity (Wildman–Crippen MR) is 69.7 cm³/mol. The Morgan fingerprint density at radius 3 is 1.94 bits per heavy atom. The molecule has 0 saturated carbocycles. The summed E-state index contributed by atoms with van der Waals surface area (Å²) in [7, 11) is 0. The molecule has 0 N–H and O–H groups in total. The van der Waals surface area contributed by atoms with E-state index in [1.165, 1.54) is 0 Å². The zero-order valence-electron chi connectivity index (χ0n) is 12.3. The summed E-state index contributed by atoms with van der Waals surface area (Å²) in [6.45, 7) is 16.4. The lowest BCUT2D eigenvalue weighted by Gasteiger charge is -2.30. The third kappa shape index (κ3) is 7.55. The van der Waals surface area contributed by atoms with Gasteiger partial charge in [-0.15, -0.1) is 0 Å². The van der Waals surface area contributed by atoms with Gasteiger partial charge in [-0.25, -0.2) is 4.79 Å². The summed E-state index contributed by atoms with van der Waals surface area (Å²) in [6.07, 6.45) is 0.738. The predicted octanol–water partition coefficient (Wildman–Crippen LogP) is 4.07. The summed E-state index contributed by atoms with van der Waals surface area (Å²) in [6, 6.07) is 0.245. The van der Waals surface area contributed by atoms with Crippen molar-refractivity contribution < 1.29 is 9.53 Å². The van der Waals surface area contributed by atoms with E-state index in [2.05, 4.69) is 6.92 Å². The first-order valence-corrected chi connectivity index (χ1v) is 6.31. The van der Waals surface area contributed by atoms with Crippen LogP contribution in [0.3, 0.4) is 0 Å². The Bertz CT molecular complexity index is 185. The molecule has 0 spiro atoms. The molecular weight excluding hydrogens is 202 g/mol. The number of ether oxygens (including phenoxy) is 1. The highest BCUT2D eigenvalue weighted by Gasteiger charge is 2.23. The van der Waals surface area contributed by atoms with Gasteiger partial charge in [0.05, 0.1) is 0 Å². The second-order valence-corrected chi connectivity index (χ2v) is 4.52. The molecule has 0 aliphatic heterocycles. The maximum absolute atomic E-state index is 11.7. The average Bonchev–Trinajstić information content (AvgIpc) is 2.19. The number of amides is 1. The summed E-state index contributed by atoms with van der Waals surface area (Å²) in [5, 5.41) is 0. The number of nitrogens with zero attached hydrogens (tertiary/aromatic N) is 1. The summed E-state index contributed by atoms with van der Waals surface area (Å²) in [5.74, 6) is 0. The zero-order valence-corrected chi connectivity index (χ0v) is 12.3. The summed E-state index contributed by atoms with van der Waals surface area (Å²) in [4.78, 5) is 13.4. The molecule has 0 rings (SSSR count). The van der Waals surface area contributed by atoms with E-state index in [1.54, 1.807) is 4.90 Å². The number of carbonyl (C=O) groups excluding carboxylic acids is 1. The molecule has 3 nitrogen and oxygen atoms in total. The van der Waals surface area contributed by atoms with E-state index in [1.807, 2.05) is 48.5 Å². The number of hydrogen-bond donors (Lipinski definition) is 0. The van der Waals surface area contributed by atoms with Gasteiger partial charge in [0.25, 0.3) is 0 Å². The van der Waals surface area contributed by atoms with Crippen LogP contribution in [0.25, 0.3) is 0 Å². The van der Waals surface area contributed by atoms with Crippen LogP contribution in [0.5, 0.6) is 0 Å². The third-order valence-corrected chi connectivity index (χ3v) is 2.09. The first-order chi connectivity index (χ1) is 7.31. The normalized spacial score (nSPS) is 12.2. The van der Waals surface area contributed by atoms with Crippen LogP contribution in [0.2, 0.25) is 0 Å². The maximum atomic E-state index is 11.7. The zero-order chi connectivity index (χ0) is 13.4. The van der Waals surface area contributed by atoms with E-state index >= 15 is 0 Å². The van der Waals surface area contributed by atoms with Crippen LogP contribution in [-0.2, 0) is 4.74 Å². The molecule has 1 amide bonds. The molecule has 1 unspecified atom stereocenters. The van der Waals surface area contributed by atoms with Crippen molar-refractivity contribution >= 4 is 6.09 Å². The minimum atomic E-state index is -0.405. The van der Waals surface area contributed by atoms with Gasteiger partial charge in [-0.05, 0) is 41.0 Å². The second-order valence-electron chi connectivity index (χ2n) is 4.52. The molecule has 3 heteroatoms. The second kappa shape index (κ2) is 8.43. The highest BCUT2D eigenvalue weighted by molar-refractivity contribution is 5.68. The molecule has 0 fully saturated rings. The monoisotopic (exact) mass is 231 g/mol. The standard InChI is InChI=1S/C11H23NO2.C2H6/c1-7-9(3)12(8-2)10(13)14-11(4,5)6;1-2/h9H,7-8H2,1-6H3;1-2H3. The molecule has 0 saturated heterocycles. The van der Waals surface area contributed by atoms with E-state index in [9.17, 15) is 4.79 Å². The highest BCUT2D eigenvalue weighted by Crippen LogP contribution is 2.12. The minimum Gasteiger partial charge on any atom is -0.444 e. The average molecular weight is 231 g/mol. The van der Waals surface area contributed by atoms with E-state index in [-0.39, 0.29) is 12.1 Å². The lowest BCUT2D eigenvalue weighted by molar-refractivity contribution is 0.0185. The van der Waals surface area contributed by atoms with Gasteiger partial charge in [0, 0.05) is 12.6 Å². The van der Waals surface area contributed by atoms with Crippen LogP contribution < -0.4 is 0 Å². The molecule has 0 heterocycles. The van der Waals surface area contributed by atoms with Crippen molar-refractivity contribution in [3.63, 3.8) is 0 Å². The van der Waals surface area contributed by atoms with E-state index in [0.717, 1.165) is 6.42 Å². The van der Waals surface area contributed by atoms with Gasteiger partial charge in [-0.2, -0.15) is 0 Å². The van der Waals surface area contributed by atoms with E-state index < -0.39 is 5.60 Å². The first kappa shape index (κ1) is 17.7. The lowest BCUT2D eigenvalue weighted by Crippen LogP contribution is -2.41. The topological polar surface area (TPSA) is 29.5 Å². The number of hydrogen-bond acceptors (Lipinski definition) is 2. The Hall–Kier alpha value is -0.730. The molecule has 0 aromatic carbocycles. The number of rotatable bonds is 3. The fourth-order valence-corrected chi connectivity index (χ4v) is 1.16. The Labute approximate surface area is 101 Å². The molecule has 1 atom stereocenters. The van der Waals surface area contributed by atoms with Gasteiger partial charge in [0.1, 0.15) is 5.60 Å². The van der Waals surface area contributed by atoms with Crippen molar-refractivity contribution in [2.75, 3.05) is 6.54 Å². The molecule has 98 valence electrons. The molecule has 0 bridgehead atoms. The van der Waals surface area contributed by atoms with Crippen LogP contribution in [0.15, 0.2) is 0 Å². The van der Waals surface area contributed by atoms with E-state index in [4.69, 9.17) is 4.74 Å². The van der Waals surface area contributed by atoms with Crippen molar-refractivity contribution in [2.45, 2.75) is 73.5 Å². The fraction of sp³-hybridized carbons (Fsp3) is 0.923. The van der Waals surface area contributed by atoms with Crippen molar-refractivity contribution in [3.05, 3.63) is 0 Å². The van der Waals surface area contributed by atoms with Crippen molar-refractivity contribution in [2.24, 2.45) is 0 Å². The van der Waals surface area contributed by atoms with Crippen LogP contribution in [-0.4, -0.2) is 29.2 Å². The largest absolute Gasteiger partial charge is 0.444 e. The fourth-order valence-electron chi connectivity index (χ4n) is 1.16. The molecule has 0 radical (unpaired) electrons. The van der Waals surface area contributed by atoms with Gasteiger partial charge >= 0.3 is 6.09 Å². The van der Waals surface area contributed by atoms with Gasteiger partial charge in [0.15, 0.2) is 0 Å². The van der Waals surface area contributed by atoms with Gasteiger partial charge in [-0.3, -0.25) is 0 Å². The Morgan fingerprint density at radius 1 is 1.25 bits per heavy atom. The maximum Gasteiger partial charge on any atom is 0.410 e. The van der Waals surface area contributed by atoms with Gasteiger partial charge in [0.2, 0.25) is 0 Å². The van der Waals surface area contributed by atoms with E-state index in [0.29, 0.717) is 6.54 Å². The Kier molecular flexibility index (Phi) is 9.30. The van der Waals surface area contributed by atoms with Crippen LogP contribution >= 0.6 is 0 Å². The van der Waals surface area contributed by atoms with Gasteiger partial charge in [-0.1, -0.05) is 20.8 Å². The van der Waals surface area contributed by atoms with Crippen molar-refractivity contribution in [1.82, 2.24) is 4.90 Å². The Balaban J connectivity index is 0. The highest BCUT2D eigenvalue weighted by atomic mass is 16.6. The summed E-state index contributed by atoms with van der Waals surface area (Å²) in [5.41, 5.74) is -0.405. The SMILES string of the molecule is CC.CCC(C)N(CC)C(=O)OC(C)(C)C. The first-order valence-electron chi connectivity index (χ1n) is 6.31. The molecule has 16 heavy (non-hydrogen) atoms. The molecular formula is C13H29NO2.